The molecule has 1 aromatic carbocycles. The summed E-state index contributed by atoms with van der Waals surface area (Å²) in [4.78, 5) is 11.3. The number of benzene rings is 1. The Kier molecular flexibility index (Phi) is 5.95. The Labute approximate surface area is 123 Å². The normalized spacial score (nSPS) is 15.5. The number of ether oxygens (including phenoxy) is 1. The molecule has 2 rings (SSSR count). The van der Waals surface area contributed by atoms with Crippen LogP contribution >= 0.6 is 0 Å². The van der Waals surface area contributed by atoms with E-state index in [1.807, 2.05) is 0 Å². The number of hydrogen-bond donors (Lipinski definition) is 3. The molecule has 1 fully saturated rings. The summed E-state index contributed by atoms with van der Waals surface area (Å²) in [6.07, 6.45) is 1.25. The van der Waals surface area contributed by atoms with Crippen LogP contribution in [0.2, 0.25) is 0 Å². The fourth-order valence-electron chi connectivity index (χ4n) is 1.84. The SMILES string of the molecule is O=C(NCCNCC(O)COc1ccccc1F)C1CC1. The van der Waals surface area contributed by atoms with Crippen molar-refractivity contribution in [2.24, 2.45) is 5.92 Å². The average Bonchev–Trinajstić information content (AvgIpc) is 3.30. The molecule has 6 heteroatoms. The average molecular weight is 296 g/mol. The smallest absolute Gasteiger partial charge is 0.223 e. The van der Waals surface area contributed by atoms with Gasteiger partial charge in [-0.1, -0.05) is 12.1 Å². The highest BCUT2D eigenvalue weighted by Crippen LogP contribution is 2.28. The van der Waals surface area contributed by atoms with Crippen LogP contribution in [0.5, 0.6) is 5.75 Å². The first kappa shape index (κ1) is 15.7. The Bertz CT molecular complexity index is 466. The Balaban J connectivity index is 1.52. The molecule has 0 saturated heterocycles. The van der Waals surface area contributed by atoms with Gasteiger partial charge >= 0.3 is 0 Å². The molecule has 116 valence electrons. The van der Waals surface area contributed by atoms with E-state index >= 15 is 0 Å². The maximum absolute atomic E-state index is 13.3. The summed E-state index contributed by atoms with van der Waals surface area (Å²) in [5.41, 5.74) is 0. The Morgan fingerprint density at radius 3 is 2.86 bits per heavy atom. The number of para-hydroxylation sites is 1. The lowest BCUT2D eigenvalue weighted by Gasteiger charge is -2.13. The zero-order valence-corrected chi connectivity index (χ0v) is 11.8. The van der Waals surface area contributed by atoms with E-state index in [4.69, 9.17) is 4.74 Å². The van der Waals surface area contributed by atoms with Gasteiger partial charge in [0.05, 0.1) is 0 Å². The molecule has 1 unspecified atom stereocenters. The summed E-state index contributed by atoms with van der Waals surface area (Å²) in [6, 6.07) is 6.08. The van der Waals surface area contributed by atoms with E-state index in [1.54, 1.807) is 12.1 Å². The van der Waals surface area contributed by atoms with Crippen LogP contribution in [-0.2, 0) is 4.79 Å². The monoisotopic (exact) mass is 296 g/mol. The number of aliphatic hydroxyl groups excluding tert-OH is 1. The number of carbonyl (C=O) groups excluding carboxylic acids is 1. The van der Waals surface area contributed by atoms with Gasteiger partial charge in [0.1, 0.15) is 12.7 Å². The van der Waals surface area contributed by atoms with Gasteiger partial charge in [0.2, 0.25) is 5.91 Å². The summed E-state index contributed by atoms with van der Waals surface area (Å²) >= 11 is 0. The molecule has 1 aliphatic carbocycles. The second-order valence-electron chi connectivity index (χ2n) is 5.16. The van der Waals surface area contributed by atoms with Crippen molar-refractivity contribution in [3.63, 3.8) is 0 Å². The molecule has 1 atom stereocenters. The highest BCUT2D eigenvalue weighted by molar-refractivity contribution is 5.80. The predicted octanol–water partition coefficient (Wildman–Crippen LogP) is 0.681. The van der Waals surface area contributed by atoms with E-state index in [0.717, 1.165) is 12.8 Å². The fourth-order valence-corrected chi connectivity index (χ4v) is 1.84. The molecule has 1 aromatic rings. The zero-order valence-electron chi connectivity index (χ0n) is 11.8. The number of rotatable bonds is 9. The van der Waals surface area contributed by atoms with Gasteiger partial charge in [-0.25, -0.2) is 4.39 Å². The van der Waals surface area contributed by atoms with Crippen LogP contribution in [0.3, 0.4) is 0 Å². The van der Waals surface area contributed by atoms with E-state index in [-0.39, 0.29) is 24.2 Å². The highest BCUT2D eigenvalue weighted by atomic mass is 19.1. The summed E-state index contributed by atoms with van der Waals surface area (Å²) in [7, 11) is 0. The quantitative estimate of drug-likeness (QED) is 0.586. The van der Waals surface area contributed by atoms with Crippen LogP contribution in [0.25, 0.3) is 0 Å². The van der Waals surface area contributed by atoms with Gasteiger partial charge in [-0.2, -0.15) is 0 Å². The lowest BCUT2D eigenvalue weighted by molar-refractivity contribution is -0.122. The van der Waals surface area contributed by atoms with Crippen molar-refractivity contribution in [3.8, 4) is 5.75 Å². The minimum Gasteiger partial charge on any atom is -0.488 e. The van der Waals surface area contributed by atoms with Crippen LogP contribution in [-0.4, -0.2) is 43.4 Å². The molecular formula is C15H21FN2O3. The van der Waals surface area contributed by atoms with E-state index in [1.165, 1.54) is 12.1 Å². The van der Waals surface area contributed by atoms with Crippen molar-refractivity contribution in [1.29, 1.82) is 0 Å². The first-order chi connectivity index (χ1) is 10.2. The molecule has 3 N–H and O–H groups in total. The second-order valence-corrected chi connectivity index (χ2v) is 5.16. The van der Waals surface area contributed by atoms with E-state index in [0.29, 0.717) is 19.6 Å². The van der Waals surface area contributed by atoms with Crippen molar-refractivity contribution in [3.05, 3.63) is 30.1 Å². The van der Waals surface area contributed by atoms with E-state index in [2.05, 4.69) is 10.6 Å². The van der Waals surface area contributed by atoms with E-state index in [9.17, 15) is 14.3 Å². The predicted molar refractivity (Wildman–Crippen MR) is 76.5 cm³/mol. The van der Waals surface area contributed by atoms with Gasteiger partial charge in [-0.05, 0) is 25.0 Å². The third kappa shape index (κ3) is 5.69. The third-order valence-corrected chi connectivity index (χ3v) is 3.20. The van der Waals surface area contributed by atoms with Gasteiger partial charge in [-0.3, -0.25) is 4.79 Å². The number of carbonyl (C=O) groups is 1. The lowest BCUT2D eigenvalue weighted by Crippen LogP contribution is -2.37. The van der Waals surface area contributed by atoms with Crippen LogP contribution in [0.4, 0.5) is 4.39 Å². The summed E-state index contributed by atoms with van der Waals surface area (Å²) in [5.74, 6) is 0.0127. The molecule has 0 aliphatic heterocycles. The van der Waals surface area contributed by atoms with Crippen molar-refractivity contribution < 1.29 is 19.0 Å². The molecule has 1 saturated carbocycles. The topological polar surface area (TPSA) is 70.6 Å². The van der Waals surface area contributed by atoms with Gasteiger partial charge in [0, 0.05) is 25.6 Å². The minimum absolute atomic E-state index is 0.0162. The largest absolute Gasteiger partial charge is 0.488 e. The maximum Gasteiger partial charge on any atom is 0.223 e. The number of halogens is 1. The molecular weight excluding hydrogens is 275 g/mol. The third-order valence-electron chi connectivity index (χ3n) is 3.20. The Morgan fingerprint density at radius 1 is 1.38 bits per heavy atom. The van der Waals surface area contributed by atoms with Crippen LogP contribution < -0.4 is 15.4 Å². The number of hydrogen-bond acceptors (Lipinski definition) is 4. The first-order valence-corrected chi connectivity index (χ1v) is 7.20. The van der Waals surface area contributed by atoms with Crippen molar-refractivity contribution in [2.45, 2.75) is 18.9 Å². The van der Waals surface area contributed by atoms with Crippen molar-refractivity contribution >= 4 is 5.91 Å². The summed E-state index contributed by atoms with van der Waals surface area (Å²) in [6.45, 7) is 1.46. The lowest BCUT2D eigenvalue weighted by atomic mass is 10.3. The summed E-state index contributed by atoms with van der Waals surface area (Å²) < 4.78 is 18.5. The number of aliphatic hydroxyl groups is 1. The van der Waals surface area contributed by atoms with Gasteiger partial charge in [0.25, 0.3) is 0 Å². The van der Waals surface area contributed by atoms with Crippen molar-refractivity contribution in [1.82, 2.24) is 10.6 Å². The Morgan fingerprint density at radius 2 is 2.14 bits per heavy atom. The van der Waals surface area contributed by atoms with Gasteiger partial charge in [0.15, 0.2) is 11.6 Å². The van der Waals surface area contributed by atoms with Gasteiger partial charge in [-0.15, -0.1) is 0 Å². The maximum atomic E-state index is 13.3. The van der Waals surface area contributed by atoms with Crippen LogP contribution in [0, 0.1) is 11.7 Å². The molecule has 0 radical (unpaired) electrons. The van der Waals surface area contributed by atoms with Crippen LogP contribution in [0.15, 0.2) is 24.3 Å². The molecule has 0 aromatic heterocycles. The molecule has 21 heavy (non-hydrogen) atoms. The first-order valence-electron chi connectivity index (χ1n) is 7.20. The molecule has 0 spiro atoms. The molecule has 1 aliphatic rings. The van der Waals surface area contributed by atoms with Crippen LogP contribution in [0.1, 0.15) is 12.8 Å². The highest BCUT2D eigenvalue weighted by Gasteiger charge is 2.28. The number of nitrogens with one attached hydrogen (secondary N) is 2. The molecule has 0 heterocycles. The fraction of sp³-hybridized carbons (Fsp3) is 0.533. The standard InChI is InChI=1S/C15H21FN2O3/c16-13-3-1-2-4-14(13)21-10-12(19)9-17-7-8-18-15(20)11-5-6-11/h1-4,11-12,17,19H,5-10H2,(H,18,20). The van der Waals surface area contributed by atoms with E-state index < -0.39 is 11.9 Å². The second kappa shape index (κ2) is 7.95. The summed E-state index contributed by atoms with van der Waals surface area (Å²) in [5, 5.41) is 15.5. The van der Waals surface area contributed by atoms with Gasteiger partial charge < -0.3 is 20.5 Å². The zero-order chi connectivity index (χ0) is 15.1. The Hall–Kier alpha value is -1.66. The number of amides is 1. The van der Waals surface area contributed by atoms with Crippen molar-refractivity contribution in [2.75, 3.05) is 26.2 Å². The molecule has 1 amide bonds. The molecule has 0 bridgehead atoms. The minimum atomic E-state index is -0.733. The molecule has 5 nitrogen and oxygen atoms in total.